The van der Waals surface area contributed by atoms with Gasteiger partial charge in [-0.3, -0.25) is 9.59 Å². The molecule has 2 amide bonds. The second-order valence-electron chi connectivity index (χ2n) is 5.87. The molecule has 0 radical (unpaired) electrons. The van der Waals surface area contributed by atoms with Gasteiger partial charge in [-0.1, -0.05) is 37.3 Å². The molecule has 1 aliphatic heterocycles. The van der Waals surface area contributed by atoms with Gasteiger partial charge in [0.15, 0.2) is 5.82 Å². The summed E-state index contributed by atoms with van der Waals surface area (Å²) in [5.41, 5.74) is 2.15. The Bertz CT molecular complexity index is 738. The number of benzene rings is 1. The largest absolute Gasteiger partial charge is 0.310 e. The number of nitrogens with one attached hydrogen (secondary N) is 1. The van der Waals surface area contributed by atoms with E-state index in [4.69, 9.17) is 0 Å². The van der Waals surface area contributed by atoms with Crippen LogP contribution in [0.3, 0.4) is 0 Å². The lowest BCUT2D eigenvalue weighted by molar-refractivity contribution is -0.119. The molecule has 120 valence electrons. The van der Waals surface area contributed by atoms with E-state index in [2.05, 4.69) is 15.6 Å². The molecular weight excluding hydrogens is 294 g/mol. The van der Waals surface area contributed by atoms with Gasteiger partial charge in [0.05, 0.1) is 6.20 Å². The fourth-order valence-corrected chi connectivity index (χ4v) is 2.52. The number of amides is 2. The van der Waals surface area contributed by atoms with Crippen molar-refractivity contribution in [3.63, 3.8) is 0 Å². The summed E-state index contributed by atoms with van der Waals surface area (Å²) in [6.45, 7) is 4.38. The first-order valence-electron chi connectivity index (χ1n) is 7.64. The van der Waals surface area contributed by atoms with E-state index in [-0.39, 0.29) is 24.3 Å². The molecule has 1 aliphatic rings. The molecule has 0 bridgehead atoms. The second kappa shape index (κ2) is 6.20. The lowest BCUT2D eigenvalue weighted by Gasteiger charge is -2.16. The van der Waals surface area contributed by atoms with Gasteiger partial charge in [0.1, 0.15) is 6.54 Å². The monoisotopic (exact) mass is 313 g/mol. The van der Waals surface area contributed by atoms with Crippen molar-refractivity contribution in [2.24, 2.45) is 5.92 Å². The first kappa shape index (κ1) is 15.2. The lowest BCUT2D eigenvalue weighted by Crippen LogP contribution is -2.32. The SMILES string of the molecule is CC(C)C(=O)Nc1cn(CC(=O)N2CCc3ccccc32)nn1. The van der Waals surface area contributed by atoms with Crippen LogP contribution in [-0.2, 0) is 22.6 Å². The average Bonchev–Trinajstić information content (AvgIpc) is 3.13. The van der Waals surface area contributed by atoms with Gasteiger partial charge in [0, 0.05) is 18.2 Å². The van der Waals surface area contributed by atoms with Crippen LogP contribution in [-0.4, -0.2) is 33.4 Å². The van der Waals surface area contributed by atoms with Gasteiger partial charge >= 0.3 is 0 Å². The molecule has 1 N–H and O–H groups in total. The van der Waals surface area contributed by atoms with Gasteiger partial charge in [-0.05, 0) is 18.1 Å². The van der Waals surface area contributed by atoms with E-state index in [9.17, 15) is 9.59 Å². The molecule has 0 atom stereocenters. The Hall–Kier alpha value is -2.70. The molecule has 3 rings (SSSR count). The Balaban J connectivity index is 1.65. The molecule has 0 aliphatic carbocycles. The number of rotatable bonds is 4. The number of hydrogen-bond acceptors (Lipinski definition) is 4. The van der Waals surface area contributed by atoms with Gasteiger partial charge in [-0.2, -0.15) is 0 Å². The molecular formula is C16H19N5O2. The minimum atomic E-state index is -0.136. The third kappa shape index (κ3) is 3.23. The third-order valence-electron chi connectivity index (χ3n) is 3.80. The predicted octanol–water partition coefficient (Wildman–Crippen LogP) is 1.46. The fraction of sp³-hybridized carbons (Fsp3) is 0.375. The van der Waals surface area contributed by atoms with Crippen LogP contribution in [0.2, 0.25) is 0 Å². The smallest absolute Gasteiger partial charge is 0.248 e. The molecule has 7 heteroatoms. The summed E-state index contributed by atoms with van der Waals surface area (Å²) in [5, 5.41) is 10.4. The van der Waals surface area contributed by atoms with E-state index in [1.807, 2.05) is 24.3 Å². The number of para-hydroxylation sites is 1. The molecule has 2 aromatic rings. The van der Waals surface area contributed by atoms with Gasteiger partial charge in [-0.15, -0.1) is 5.10 Å². The van der Waals surface area contributed by atoms with E-state index >= 15 is 0 Å². The van der Waals surface area contributed by atoms with Crippen molar-refractivity contribution in [3.8, 4) is 0 Å². The zero-order valence-corrected chi connectivity index (χ0v) is 13.2. The average molecular weight is 313 g/mol. The number of aromatic nitrogens is 3. The zero-order chi connectivity index (χ0) is 16.4. The maximum Gasteiger partial charge on any atom is 0.248 e. The molecule has 23 heavy (non-hydrogen) atoms. The molecule has 7 nitrogen and oxygen atoms in total. The van der Waals surface area contributed by atoms with Gasteiger partial charge in [0.2, 0.25) is 11.8 Å². The molecule has 2 heterocycles. The zero-order valence-electron chi connectivity index (χ0n) is 13.2. The lowest BCUT2D eigenvalue weighted by atomic mass is 10.2. The highest BCUT2D eigenvalue weighted by Gasteiger charge is 2.24. The van der Waals surface area contributed by atoms with E-state index in [1.165, 1.54) is 10.2 Å². The van der Waals surface area contributed by atoms with Gasteiger partial charge < -0.3 is 10.2 Å². The maximum absolute atomic E-state index is 12.5. The number of nitrogens with zero attached hydrogens (tertiary/aromatic N) is 4. The number of anilines is 2. The minimum Gasteiger partial charge on any atom is -0.310 e. The van der Waals surface area contributed by atoms with Crippen LogP contribution in [0.15, 0.2) is 30.5 Å². The maximum atomic E-state index is 12.5. The molecule has 0 unspecified atom stereocenters. The van der Waals surface area contributed by atoms with Crippen LogP contribution in [0.25, 0.3) is 0 Å². The molecule has 0 saturated carbocycles. The van der Waals surface area contributed by atoms with Crippen molar-refractivity contribution in [3.05, 3.63) is 36.0 Å². The normalized spacial score (nSPS) is 13.3. The predicted molar refractivity (Wildman–Crippen MR) is 86.0 cm³/mol. The van der Waals surface area contributed by atoms with E-state index in [1.54, 1.807) is 24.9 Å². The Morgan fingerprint density at radius 2 is 2.09 bits per heavy atom. The Morgan fingerprint density at radius 3 is 2.87 bits per heavy atom. The van der Waals surface area contributed by atoms with Crippen LogP contribution >= 0.6 is 0 Å². The van der Waals surface area contributed by atoms with Crippen molar-refractivity contribution in [2.75, 3.05) is 16.8 Å². The summed E-state index contributed by atoms with van der Waals surface area (Å²) in [4.78, 5) is 25.9. The summed E-state index contributed by atoms with van der Waals surface area (Å²) < 4.78 is 1.44. The number of fused-ring (bicyclic) bond motifs is 1. The van der Waals surface area contributed by atoms with Crippen molar-refractivity contribution in [2.45, 2.75) is 26.8 Å². The molecule has 1 aromatic carbocycles. The summed E-state index contributed by atoms with van der Waals surface area (Å²) >= 11 is 0. The Morgan fingerprint density at radius 1 is 1.30 bits per heavy atom. The summed E-state index contributed by atoms with van der Waals surface area (Å²) in [6.07, 6.45) is 2.44. The van der Waals surface area contributed by atoms with E-state index in [0.717, 1.165) is 12.1 Å². The Labute approximate surface area is 134 Å². The number of hydrogen-bond donors (Lipinski definition) is 1. The first-order chi connectivity index (χ1) is 11.0. The highest BCUT2D eigenvalue weighted by molar-refractivity contribution is 5.95. The minimum absolute atomic E-state index is 0.0402. The van der Waals surface area contributed by atoms with Crippen molar-refractivity contribution < 1.29 is 9.59 Å². The van der Waals surface area contributed by atoms with Gasteiger partial charge in [-0.25, -0.2) is 4.68 Å². The summed E-state index contributed by atoms with van der Waals surface area (Å²) in [7, 11) is 0. The van der Waals surface area contributed by atoms with E-state index in [0.29, 0.717) is 12.4 Å². The van der Waals surface area contributed by atoms with Crippen LogP contribution < -0.4 is 10.2 Å². The van der Waals surface area contributed by atoms with E-state index < -0.39 is 0 Å². The number of carbonyl (C=O) groups excluding carboxylic acids is 2. The van der Waals surface area contributed by atoms with Crippen molar-refractivity contribution in [1.82, 2.24) is 15.0 Å². The van der Waals surface area contributed by atoms with Gasteiger partial charge in [0.25, 0.3) is 0 Å². The van der Waals surface area contributed by atoms with Crippen LogP contribution in [0.1, 0.15) is 19.4 Å². The topological polar surface area (TPSA) is 80.1 Å². The molecule has 0 spiro atoms. The quantitative estimate of drug-likeness (QED) is 0.926. The summed E-state index contributed by atoms with van der Waals surface area (Å²) in [5.74, 6) is 0.0552. The van der Waals surface area contributed by atoms with Crippen molar-refractivity contribution >= 4 is 23.3 Å². The van der Waals surface area contributed by atoms with Crippen LogP contribution in [0.5, 0.6) is 0 Å². The van der Waals surface area contributed by atoms with Crippen molar-refractivity contribution in [1.29, 1.82) is 0 Å². The van der Waals surface area contributed by atoms with Crippen LogP contribution in [0.4, 0.5) is 11.5 Å². The highest BCUT2D eigenvalue weighted by atomic mass is 16.2. The molecule has 0 saturated heterocycles. The highest BCUT2D eigenvalue weighted by Crippen LogP contribution is 2.27. The van der Waals surface area contributed by atoms with Crippen LogP contribution in [0, 0.1) is 5.92 Å². The Kier molecular flexibility index (Phi) is 4.10. The molecule has 0 fully saturated rings. The standard InChI is InChI=1S/C16H19N5O2/c1-11(2)16(23)17-14-9-20(19-18-14)10-15(22)21-8-7-12-5-3-4-6-13(12)21/h3-6,9,11H,7-8,10H2,1-2H3,(H,17,23). The molecule has 1 aromatic heterocycles. The second-order valence-corrected chi connectivity index (χ2v) is 5.87. The third-order valence-corrected chi connectivity index (χ3v) is 3.80. The number of carbonyl (C=O) groups is 2. The summed E-state index contributed by atoms with van der Waals surface area (Å²) in [6, 6.07) is 7.90. The first-order valence-corrected chi connectivity index (χ1v) is 7.64. The fourth-order valence-electron chi connectivity index (χ4n) is 2.52.